The molecule has 0 saturated heterocycles. The number of nitrogens with zero attached hydrogens (tertiary/aromatic N) is 1. The Labute approximate surface area is 100 Å². The summed E-state index contributed by atoms with van der Waals surface area (Å²) in [6.07, 6.45) is 4.92. The molecule has 2 nitrogen and oxygen atoms in total. The van der Waals surface area contributed by atoms with Crippen LogP contribution in [-0.2, 0) is 0 Å². The van der Waals surface area contributed by atoms with Gasteiger partial charge in [-0.1, -0.05) is 32.3 Å². The molecule has 1 aromatic carbocycles. The van der Waals surface area contributed by atoms with Crippen molar-refractivity contribution in [2.75, 3.05) is 6.61 Å². The number of hydrogen-bond donors (Lipinski definition) is 0. The third-order valence-corrected chi connectivity index (χ3v) is 3.26. The van der Waals surface area contributed by atoms with Crippen molar-refractivity contribution in [3.05, 3.63) is 23.7 Å². The largest absolute Gasteiger partial charge is 0.491 e. The van der Waals surface area contributed by atoms with Gasteiger partial charge in [0.25, 0.3) is 0 Å². The maximum Gasteiger partial charge on any atom is 0.153 e. The number of para-hydroxylation sites is 1. The number of ether oxygens (including phenoxy) is 1. The molecule has 0 aliphatic heterocycles. The van der Waals surface area contributed by atoms with Crippen LogP contribution in [0.2, 0.25) is 0 Å². The van der Waals surface area contributed by atoms with Gasteiger partial charge in [0, 0.05) is 0 Å². The summed E-state index contributed by atoms with van der Waals surface area (Å²) in [6.45, 7) is 3.00. The number of fused-ring (bicyclic) bond motifs is 1. The molecular formula is C13H16NOS. The average Bonchev–Trinajstić information content (AvgIpc) is 2.77. The minimum Gasteiger partial charge on any atom is -0.491 e. The van der Waals surface area contributed by atoms with E-state index in [0.717, 1.165) is 29.0 Å². The van der Waals surface area contributed by atoms with E-state index >= 15 is 0 Å². The van der Waals surface area contributed by atoms with Gasteiger partial charge in [0.05, 0.1) is 11.3 Å². The number of hydrogen-bond acceptors (Lipinski definition) is 3. The monoisotopic (exact) mass is 234 g/mol. The van der Waals surface area contributed by atoms with Crippen molar-refractivity contribution in [1.82, 2.24) is 4.98 Å². The van der Waals surface area contributed by atoms with E-state index < -0.39 is 0 Å². The molecule has 85 valence electrons. The zero-order valence-electron chi connectivity index (χ0n) is 9.53. The van der Waals surface area contributed by atoms with E-state index in [1.165, 1.54) is 30.6 Å². The molecule has 0 amide bonds. The lowest BCUT2D eigenvalue weighted by Gasteiger charge is -2.06. The Kier molecular flexibility index (Phi) is 4.17. The fraction of sp³-hybridized carbons (Fsp3) is 0.462. The second-order valence-corrected chi connectivity index (χ2v) is 4.64. The van der Waals surface area contributed by atoms with Crippen molar-refractivity contribution in [3.63, 3.8) is 0 Å². The van der Waals surface area contributed by atoms with Gasteiger partial charge in [-0.15, -0.1) is 11.3 Å². The molecule has 0 spiro atoms. The third kappa shape index (κ3) is 2.73. The van der Waals surface area contributed by atoms with Gasteiger partial charge in [-0.2, -0.15) is 0 Å². The van der Waals surface area contributed by atoms with Gasteiger partial charge in [-0.05, 0) is 18.6 Å². The zero-order chi connectivity index (χ0) is 11.2. The van der Waals surface area contributed by atoms with Crippen LogP contribution < -0.4 is 4.74 Å². The lowest BCUT2D eigenvalue weighted by atomic mass is 10.2. The molecule has 1 heterocycles. The first kappa shape index (κ1) is 11.4. The minimum absolute atomic E-state index is 0.788. The van der Waals surface area contributed by atoms with E-state index in [-0.39, 0.29) is 0 Å². The first-order valence-electron chi connectivity index (χ1n) is 5.80. The fourth-order valence-corrected chi connectivity index (χ4v) is 2.26. The standard InChI is InChI=1S/C13H16NOS/c1-2-3-4-5-9-15-11-7-6-8-12-13(11)14-10-16-12/h6-8H,2-5,9H2,1H3. The van der Waals surface area contributed by atoms with Crippen molar-refractivity contribution in [2.45, 2.75) is 32.6 Å². The van der Waals surface area contributed by atoms with Crippen LogP contribution in [0, 0.1) is 5.51 Å². The summed E-state index contributed by atoms with van der Waals surface area (Å²) in [7, 11) is 0. The molecule has 0 atom stereocenters. The Morgan fingerprint density at radius 3 is 3.12 bits per heavy atom. The Hall–Kier alpha value is -1.09. The van der Waals surface area contributed by atoms with Crippen LogP contribution in [0.5, 0.6) is 5.75 Å². The first-order valence-corrected chi connectivity index (χ1v) is 6.62. The normalized spacial score (nSPS) is 10.8. The maximum absolute atomic E-state index is 5.75. The van der Waals surface area contributed by atoms with Crippen molar-refractivity contribution in [3.8, 4) is 5.75 Å². The summed E-state index contributed by atoms with van der Waals surface area (Å²) in [6, 6.07) is 6.04. The van der Waals surface area contributed by atoms with E-state index in [4.69, 9.17) is 4.74 Å². The average molecular weight is 234 g/mol. The van der Waals surface area contributed by atoms with Gasteiger partial charge in [-0.3, -0.25) is 0 Å². The van der Waals surface area contributed by atoms with Gasteiger partial charge < -0.3 is 4.74 Å². The maximum atomic E-state index is 5.75. The zero-order valence-corrected chi connectivity index (χ0v) is 10.3. The van der Waals surface area contributed by atoms with E-state index in [1.807, 2.05) is 18.2 Å². The summed E-state index contributed by atoms with van der Waals surface area (Å²) in [5, 5.41) is 0. The molecule has 1 radical (unpaired) electrons. The quantitative estimate of drug-likeness (QED) is 0.703. The van der Waals surface area contributed by atoms with Crippen molar-refractivity contribution >= 4 is 21.6 Å². The summed E-state index contributed by atoms with van der Waals surface area (Å²) in [5.74, 6) is 0.895. The van der Waals surface area contributed by atoms with Gasteiger partial charge in [0.1, 0.15) is 11.3 Å². The molecule has 0 unspecified atom stereocenters. The molecule has 0 saturated carbocycles. The lowest BCUT2D eigenvalue weighted by molar-refractivity contribution is 0.308. The van der Waals surface area contributed by atoms with Crippen molar-refractivity contribution < 1.29 is 4.74 Å². The number of thiazole rings is 1. The molecule has 2 rings (SSSR count). The van der Waals surface area contributed by atoms with Crippen LogP contribution in [0.3, 0.4) is 0 Å². The Bertz CT molecular complexity index is 438. The third-order valence-electron chi connectivity index (χ3n) is 2.53. The Morgan fingerprint density at radius 2 is 2.25 bits per heavy atom. The summed E-state index contributed by atoms with van der Waals surface area (Å²) < 4.78 is 6.89. The molecule has 3 heteroatoms. The van der Waals surface area contributed by atoms with Crippen LogP contribution in [0.1, 0.15) is 32.6 Å². The minimum atomic E-state index is 0.788. The fourth-order valence-electron chi connectivity index (χ4n) is 1.64. The molecule has 16 heavy (non-hydrogen) atoms. The number of benzene rings is 1. The molecule has 0 bridgehead atoms. The van der Waals surface area contributed by atoms with E-state index in [0.29, 0.717) is 0 Å². The summed E-state index contributed by atoms with van der Waals surface area (Å²) in [5.41, 5.74) is 3.85. The highest BCUT2D eigenvalue weighted by atomic mass is 32.1. The smallest absolute Gasteiger partial charge is 0.153 e. The molecule has 0 N–H and O–H groups in total. The number of unbranched alkanes of at least 4 members (excludes halogenated alkanes) is 3. The molecular weight excluding hydrogens is 218 g/mol. The predicted molar refractivity (Wildman–Crippen MR) is 68.1 cm³/mol. The number of aromatic nitrogens is 1. The second-order valence-electron chi connectivity index (χ2n) is 3.82. The van der Waals surface area contributed by atoms with Gasteiger partial charge >= 0.3 is 0 Å². The Balaban J connectivity index is 1.91. The van der Waals surface area contributed by atoms with Crippen LogP contribution in [0.4, 0.5) is 0 Å². The summed E-state index contributed by atoms with van der Waals surface area (Å²) in [4.78, 5) is 4.20. The van der Waals surface area contributed by atoms with E-state index in [2.05, 4.69) is 17.4 Å². The van der Waals surface area contributed by atoms with Crippen molar-refractivity contribution in [2.24, 2.45) is 0 Å². The van der Waals surface area contributed by atoms with Gasteiger partial charge in [0.2, 0.25) is 0 Å². The molecule has 0 aliphatic rings. The van der Waals surface area contributed by atoms with Crippen molar-refractivity contribution in [1.29, 1.82) is 0 Å². The van der Waals surface area contributed by atoms with Crippen LogP contribution in [0.15, 0.2) is 18.2 Å². The predicted octanol–water partition coefficient (Wildman–Crippen LogP) is 4.06. The Morgan fingerprint density at radius 1 is 1.31 bits per heavy atom. The first-order chi connectivity index (χ1) is 7.92. The SMILES string of the molecule is CCCCCCOc1cccc2s[c]nc12. The summed E-state index contributed by atoms with van der Waals surface area (Å²) >= 11 is 1.53. The topological polar surface area (TPSA) is 22.1 Å². The van der Waals surface area contributed by atoms with E-state index in [1.54, 1.807) is 0 Å². The highest BCUT2D eigenvalue weighted by Crippen LogP contribution is 2.26. The highest BCUT2D eigenvalue weighted by molar-refractivity contribution is 7.16. The molecule has 1 aromatic heterocycles. The second kappa shape index (κ2) is 5.85. The molecule has 0 fully saturated rings. The van der Waals surface area contributed by atoms with Crippen LogP contribution in [-0.4, -0.2) is 11.6 Å². The van der Waals surface area contributed by atoms with Gasteiger partial charge in [0.15, 0.2) is 5.51 Å². The van der Waals surface area contributed by atoms with Crippen LogP contribution >= 0.6 is 11.3 Å². The van der Waals surface area contributed by atoms with Crippen LogP contribution in [0.25, 0.3) is 10.2 Å². The lowest BCUT2D eigenvalue weighted by Crippen LogP contribution is -1.97. The van der Waals surface area contributed by atoms with Gasteiger partial charge in [-0.25, -0.2) is 4.98 Å². The molecule has 0 aliphatic carbocycles. The van der Waals surface area contributed by atoms with E-state index in [9.17, 15) is 0 Å². The molecule has 2 aromatic rings. The highest BCUT2D eigenvalue weighted by Gasteiger charge is 2.03. The number of rotatable bonds is 6.